The van der Waals surface area contributed by atoms with Gasteiger partial charge in [0.15, 0.2) is 16.6 Å². The molecule has 2 heterocycles. The standard InChI is InChI=1S/C15H15N3O4S/c1-8-12(14(20)18(2)3)23-15(16-8)17-13(19)9-4-5-10-11(6-9)22-7-21-10/h4-6H,7H2,1-3H3,(H,16,17,19). The van der Waals surface area contributed by atoms with E-state index in [1.807, 2.05) is 0 Å². The number of thiazole rings is 1. The normalized spacial score (nSPS) is 12.1. The van der Waals surface area contributed by atoms with Crippen LogP contribution in [0.25, 0.3) is 0 Å². The lowest BCUT2D eigenvalue weighted by Crippen LogP contribution is -2.21. The molecular formula is C15H15N3O4S. The van der Waals surface area contributed by atoms with E-state index < -0.39 is 0 Å². The summed E-state index contributed by atoms with van der Waals surface area (Å²) in [6, 6.07) is 4.95. The number of rotatable bonds is 3. The fourth-order valence-corrected chi connectivity index (χ4v) is 3.04. The van der Waals surface area contributed by atoms with E-state index in [2.05, 4.69) is 10.3 Å². The van der Waals surface area contributed by atoms with Crippen LogP contribution in [0.1, 0.15) is 25.7 Å². The molecule has 2 amide bonds. The Hall–Kier alpha value is -2.61. The van der Waals surface area contributed by atoms with Gasteiger partial charge in [-0.15, -0.1) is 0 Å². The van der Waals surface area contributed by atoms with Crippen molar-refractivity contribution in [3.05, 3.63) is 34.3 Å². The zero-order valence-corrected chi connectivity index (χ0v) is 13.7. The van der Waals surface area contributed by atoms with Crippen molar-refractivity contribution in [3.8, 4) is 11.5 Å². The molecule has 3 rings (SSSR count). The first-order valence-electron chi connectivity index (χ1n) is 6.86. The van der Waals surface area contributed by atoms with Gasteiger partial charge in [0.1, 0.15) is 4.88 Å². The molecule has 2 aromatic rings. The fourth-order valence-electron chi connectivity index (χ4n) is 2.06. The molecule has 0 aliphatic carbocycles. The molecule has 1 N–H and O–H groups in total. The van der Waals surface area contributed by atoms with E-state index >= 15 is 0 Å². The molecule has 7 nitrogen and oxygen atoms in total. The Bertz CT molecular complexity index is 785. The second kappa shape index (κ2) is 5.88. The quantitative estimate of drug-likeness (QED) is 0.931. The minimum atomic E-state index is -0.319. The molecule has 1 aliphatic rings. The Kier molecular flexibility index (Phi) is 3.91. The average Bonchev–Trinajstić information content (AvgIpc) is 3.11. The van der Waals surface area contributed by atoms with Gasteiger partial charge in [-0.3, -0.25) is 14.9 Å². The van der Waals surface area contributed by atoms with Crippen LogP contribution >= 0.6 is 11.3 Å². The summed E-state index contributed by atoms with van der Waals surface area (Å²) in [4.78, 5) is 30.5. The summed E-state index contributed by atoms with van der Waals surface area (Å²) >= 11 is 1.15. The van der Waals surface area contributed by atoms with Crippen LogP contribution in [0.2, 0.25) is 0 Å². The molecule has 0 spiro atoms. The number of nitrogens with zero attached hydrogens (tertiary/aromatic N) is 2. The van der Waals surface area contributed by atoms with E-state index in [0.29, 0.717) is 32.8 Å². The molecule has 0 unspecified atom stereocenters. The van der Waals surface area contributed by atoms with Gasteiger partial charge in [-0.05, 0) is 25.1 Å². The first kappa shape index (κ1) is 15.3. The van der Waals surface area contributed by atoms with Crippen LogP contribution in [0.15, 0.2) is 18.2 Å². The van der Waals surface area contributed by atoms with Crippen molar-refractivity contribution in [3.63, 3.8) is 0 Å². The molecule has 0 radical (unpaired) electrons. The molecule has 0 saturated carbocycles. The second-order valence-corrected chi connectivity index (χ2v) is 6.15. The number of anilines is 1. The maximum Gasteiger partial charge on any atom is 0.265 e. The predicted octanol–water partition coefficient (Wildman–Crippen LogP) is 2.13. The number of aromatic nitrogens is 1. The van der Waals surface area contributed by atoms with Crippen LogP contribution < -0.4 is 14.8 Å². The van der Waals surface area contributed by atoms with Crippen LogP contribution in [0, 0.1) is 6.92 Å². The number of carbonyl (C=O) groups excluding carboxylic acids is 2. The number of hydrogen-bond donors (Lipinski definition) is 1. The third-order valence-electron chi connectivity index (χ3n) is 3.25. The lowest BCUT2D eigenvalue weighted by Gasteiger charge is -2.07. The Morgan fingerprint density at radius 1 is 1.26 bits per heavy atom. The first-order chi connectivity index (χ1) is 11.0. The van der Waals surface area contributed by atoms with E-state index in [9.17, 15) is 9.59 Å². The van der Waals surface area contributed by atoms with Crippen molar-refractivity contribution in [2.75, 3.05) is 26.2 Å². The largest absolute Gasteiger partial charge is 0.454 e. The minimum absolute atomic E-state index is 0.136. The molecule has 1 aromatic carbocycles. The number of ether oxygens (including phenoxy) is 2. The molecule has 23 heavy (non-hydrogen) atoms. The van der Waals surface area contributed by atoms with Gasteiger partial charge in [0, 0.05) is 19.7 Å². The number of nitrogens with one attached hydrogen (secondary N) is 1. The molecule has 0 saturated heterocycles. The van der Waals surface area contributed by atoms with Gasteiger partial charge in [-0.1, -0.05) is 11.3 Å². The lowest BCUT2D eigenvalue weighted by atomic mass is 10.2. The van der Waals surface area contributed by atoms with Gasteiger partial charge in [-0.25, -0.2) is 4.98 Å². The van der Waals surface area contributed by atoms with Crippen LogP contribution in [-0.2, 0) is 0 Å². The second-order valence-electron chi connectivity index (χ2n) is 5.16. The van der Waals surface area contributed by atoms with Crippen LogP contribution in [0.4, 0.5) is 5.13 Å². The van der Waals surface area contributed by atoms with Crippen molar-refractivity contribution in [2.24, 2.45) is 0 Å². The Morgan fingerprint density at radius 3 is 2.74 bits per heavy atom. The van der Waals surface area contributed by atoms with Crippen LogP contribution in [0.3, 0.4) is 0 Å². The summed E-state index contributed by atoms with van der Waals surface area (Å²) in [6.45, 7) is 1.89. The van der Waals surface area contributed by atoms with Gasteiger partial charge >= 0.3 is 0 Å². The summed E-state index contributed by atoms with van der Waals surface area (Å²) < 4.78 is 10.5. The molecule has 0 bridgehead atoms. The maximum atomic E-state index is 12.3. The van der Waals surface area contributed by atoms with E-state index in [4.69, 9.17) is 9.47 Å². The Morgan fingerprint density at radius 2 is 2.00 bits per heavy atom. The molecule has 0 fully saturated rings. The molecule has 8 heteroatoms. The third kappa shape index (κ3) is 2.98. The monoisotopic (exact) mass is 333 g/mol. The predicted molar refractivity (Wildman–Crippen MR) is 85.4 cm³/mol. The number of aryl methyl sites for hydroxylation is 1. The fraction of sp³-hybridized carbons (Fsp3) is 0.267. The van der Waals surface area contributed by atoms with Gasteiger partial charge in [0.2, 0.25) is 6.79 Å². The molecule has 1 aromatic heterocycles. The molecule has 0 atom stereocenters. The maximum absolute atomic E-state index is 12.3. The summed E-state index contributed by atoms with van der Waals surface area (Å²) in [7, 11) is 3.35. The zero-order valence-electron chi connectivity index (χ0n) is 12.9. The lowest BCUT2D eigenvalue weighted by molar-refractivity contribution is 0.0831. The first-order valence-corrected chi connectivity index (χ1v) is 7.67. The number of amides is 2. The highest BCUT2D eigenvalue weighted by molar-refractivity contribution is 7.17. The highest BCUT2D eigenvalue weighted by Gasteiger charge is 2.20. The van der Waals surface area contributed by atoms with Gasteiger partial charge in [0.25, 0.3) is 11.8 Å². The minimum Gasteiger partial charge on any atom is -0.454 e. The Balaban J connectivity index is 1.78. The number of fused-ring (bicyclic) bond motifs is 1. The summed E-state index contributed by atoms with van der Waals surface area (Å²) in [6.07, 6.45) is 0. The van der Waals surface area contributed by atoms with Gasteiger partial charge in [-0.2, -0.15) is 0 Å². The number of hydrogen-bond acceptors (Lipinski definition) is 6. The van der Waals surface area contributed by atoms with Crippen molar-refractivity contribution in [1.82, 2.24) is 9.88 Å². The van der Waals surface area contributed by atoms with Crippen LogP contribution in [-0.4, -0.2) is 42.6 Å². The van der Waals surface area contributed by atoms with E-state index in [1.165, 1.54) is 4.90 Å². The molecule has 1 aliphatic heterocycles. The molecule has 120 valence electrons. The van der Waals surface area contributed by atoms with Gasteiger partial charge < -0.3 is 14.4 Å². The van der Waals surface area contributed by atoms with E-state index in [0.717, 1.165) is 11.3 Å². The summed E-state index contributed by atoms with van der Waals surface area (Å²) in [5, 5.41) is 3.09. The van der Waals surface area contributed by atoms with E-state index in [-0.39, 0.29) is 18.6 Å². The van der Waals surface area contributed by atoms with Crippen molar-refractivity contribution in [2.45, 2.75) is 6.92 Å². The zero-order chi connectivity index (χ0) is 16.6. The average molecular weight is 333 g/mol. The SMILES string of the molecule is Cc1nc(NC(=O)c2ccc3c(c2)OCO3)sc1C(=O)N(C)C. The summed E-state index contributed by atoms with van der Waals surface area (Å²) in [5.74, 6) is 0.700. The van der Waals surface area contributed by atoms with Crippen molar-refractivity contribution in [1.29, 1.82) is 0 Å². The van der Waals surface area contributed by atoms with E-state index in [1.54, 1.807) is 39.2 Å². The third-order valence-corrected chi connectivity index (χ3v) is 4.31. The highest BCUT2D eigenvalue weighted by atomic mass is 32.1. The topological polar surface area (TPSA) is 80.8 Å². The number of benzene rings is 1. The summed E-state index contributed by atoms with van der Waals surface area (Å²) in [5.41, 5.74) is 1.03. The van der Waals surface area contributed by atoms with Gasteiger partial charge in [0.05, 0.1) is 5.69 Å². The highest BCUT2D eigenvalue weighted by Crippen LogP contribution is 2.33. The van der Waals surface area contributed by atoms with Crippen LogP contribution in [0.5, 0.6) is 11.5 Å². The smallest absolute Gasteiger partial charge is 0.265 e. The number of carbonyl (C=O) groups is 2. The Labute approximate surface area is 136 Å². The molecular weight excluding hydrogens is 318 g/mol. The van der Waals surface area contributed by atoms with Crippen molar-refractivity contribution >= 4 is 28.3 Å². The van der Waals surface area contributed by atoms with Crippen molar-refractivity contribution < 1.29 is 19.1 Å².